The minimum Gasteiger partial charge on any atom is -0.359 e. The van der Waals surface area contributed by atoms with Crippen LogP contribution in [0.1, 0.15) is 18.0 Å². The van der Waals surface area contributed by atoms with Crippen LogP contribution in [0.3, 0.4) is 0 Å². The maximum atomic E-state index is 13.1. The van der Waals surface area contributed by atoms with Crippen molar-refractivity contribution in [3.05, 3.63) is 48.0 Å². The summed E-state index contributed by atoms with van der Waals surface area (Å²) in [6.45, 7) is 0.621. The van der Waals surface area contributed by atoms with Crippen LogP contribution < -0.4 is 10.6 Å². The fraction of sp³-hybridized carbons (Fsp3) is 0.389. The van der Waals surface area contributed by atoms with Crippen LogP contribution in [-0.4, -0.2) is 54.2 Å². The second kappa shape index (κ2) is 7.55. The average molecular weight is 358 g/mol. The number of carbonyl (C=O) groups is 1. The van der Waals surface area contributed by atoms with Gasteiger partial charge in [0.15, 0.2) is 5.96 Å². The van der Waals surface area contributed by atoms with Crippen molar-refractivity contribution in [1.82, 2.24) is 25.3 Å². The number of nitrogens with zero attached hydrogens (tertiary/aromatic N) is 4. The quantitative estimate of drug-likeness (QED) is 0.639. The number of hydrogen-bond donors (Lipinski definition) is 2. The molecule has 2 N–H and O–H groups in total. The van der Waals surface area contributed by atoms with Crippen LogP contribution in [0.2, 0.25) is 0 Å². The number of guanidine groups is 1. The van der Waals surface area contributed by atoms with Gasteiger partial charge in [-0.2, -0.15) is 5.10 Å². The summed E-state index contributed by atoms with van der Waals surface area (Å²) in [4.78, 5) is 18.1. The highest BCUT2D eigenvalue weighted by Gasteiger charge is 2.39. The van der Waals surface area contributed by atoms with E-state index >= 15 is 0 Å². The molecule has 1 aliphatic heterocycles. The fourth-order valence-electron chi connectivity index (χ4n) is 3.36. The average Bonchev–Trinajstić information content (AvgIpc) is 3.22. The van der Waals surface area contributed by atoms with Crippen molar-refractivity contribution in [3.63, 3.8) is 0 Å². The number of aromatic nitrogens is 2. The first kappa shape index (κ1) is 17.9. The van der Waals surface area contributed by atoms with Gasteiger partial charge in [-0.25, -0.2) is 9.07 Å². The Bertz CT molecular complexity index is 800. The van der Waals surface area contributed by atoms with Gasteiger partial charge < -0.3 is 15.5 Å². The lowest BCUT2D eigenvalue weighted by Gasteiger charge is -2.24. The number of aliphatic imine (C=N–C) groups is 1. The molecule has 0 spiro atoms. The SMILES string of the molecule is CN=C(NC)NC[C@@H]1CC(=O)N(C)[C@H]1c1cnn(-c2ccc(F)cc2)c1. The van der Waals surface area contributed by atoms with Crippen LogP contribution in [0, 0.1) is 11.7 Å². The first-order valence-electron chi connectivity index (χ1n) is 8.48. The van der Waals surface area contributed by atoms with E-state index in [0.717, 1.165) is 11.3 Å². The predicted molar refractivity (Wildman–Crippen MR) is 97.6 cm³/mol. The summed E-state index contributed by atoms with van der Waals surface area (Å²) in [6, 6.07) is 6.08. The number of likely N-dealkylation sites (tertiary alicyclic amines) is 1. The third-order valence-electron chi connectivity index (χ3n) is 4.72. The Labute approximate surface area is 151 Å². The lowest BCUT2D eigenvalue weighted by Crippen LogP contribution is -2.38. The molecule has 2 atom stereocenters. The van der Waals surface area contributed by atoms with Gasteiger partial charge in [-0.15, -0.1) is 0 Å². The standard InChI is InChI=1S/C18H23FN6O/c1-20-18(21-2)22-9-12-8-16(26)24(3)17(12)13-10-23-25(11-13)15-6-4-14(19)5-7-15/h4-7,10-12,17H,8-9H2,1-3H3,(H2,20,21,22)/t12-,17+/m0/s1. The maximum absolute atomic E-state index is 13.1. The number of benzene rings is 1. The molecule has 0 aliphatic carbocycles. The first-order valence-corrected chi connectivity index (χ1v) is 8.48. The lowest BCUT2D eigenvalue weighted by atomic mass is 9.96. The molecule has 138 valence electrons. The Morgan fingerprint density at radius 2 is 2.12 bits per heavy atom. The highest BCUT2D eigenvalue weighted by atomic mass is 19.1. The van der Waals surface area contributed by atoms with Crippen LogP contribution in [0.4, 0.5) is 4.39 Å². The molecule has 0 saturated carbocycles. The summed E-state index contributed by atoms with van der Waals surface area (Å²) in [5, 5.41) is 10.6. The number of amides is 1. The molecule has 2 aromatic rings. The van der Waals surface area contributed by atoms with E-state index in [1.165, 1.54) is 12.1 Å². The Morgan fingerprint density at radius 1 is 1.38 bits per heavy atom. The van der Waals surface area contributed by atoms with Gasteiger partial charge in [-0.05, 0) is 24.3 Å². The molecule has 1 aromatic carbocycles. The maximum Gasteiger partial charge on any atom is 0.223 e. The predicted octanol–water partition coefficient (Wildman–Crippen LogP) is 1.33. The summed E-state index contributed by atoms with van der Waals surface area (Å²) in [7, 11) is 5.32. The lowest BCUT2D eigenvalue weighted by molar-refractivity contribution is -0.127. The molecular formula is C18H23FN6O. The zero-order valence-electron chi connectivity index (χ0n) is 15.1. The van der Waals surface area contributed by atoms with E-state index in [1.807, 2.05) is 13.2 Å². The molecule has 1 saturated heterocycles. The Balaban J connectivity index is 1.81. The summed E-state index contributed by atoms with van der Waals surface area (Å²) < 4.78 is 14.8. The van der Waals surface area contributed by atoms with E-state index in [0.29, 0.717) is 18.9 Å². The van der Waals surface area contributed by atoms with Crippen molar-refractivity contribution in [3.8, 4) is 5.69 Å². The normalized spacial score (nSPS) is 20.5. The summed E-state index contributed by atoms with van der Waals surface area (Å²) in [5.41, 5.74) is 1.73. The summed E-state index contributed by atoms with van der Waals surface area (Å²) in [6.07, 6.45) is 4.13. The van der Waals surface area contributed by atoms with Gasteiger partial charge in [-0.3, -0.25) is 9.79 Å². The van der Waals surface area contributed by atoms with E-state index < -0.39 is 0 Å². The van der Waals surface area contributed by atoms with E-state index in [2.05, 4.69) is 20.7 Å². The Hall–Kier alpha value is -2.90. The number of hydrogen-bond acceptors (Lipinski definition) is 3. The largest absolute Gasteiger partial charge is 0.359 e. The van der Waals surface area contributed by atoms with Crippen LogP contribution in [-0.2, 0) is 4.79 Å². The van der Waals surface area contributed by atoms with Gasteiger partial charge in [0.05, 0.1) is 17.9 Å². The van der Waals surface area contributed by atoms with Crippen molar-refractivity contribution in [1.29, 1.82) is 0 Å². The van der Waals surface area contributed by atoms with Crippen molar-refractivity contribution in [2.24, 2.45) is 10.9 Å². The monoisotopic (exact) mass is 358 g/mol. The molecule has 0 bridgehead atoms. The van der Waals surface area contributed by atoms with Crippen LogP contribution in [0.5, 0.6) is 0 Å². The molecule has 0 unspecified atom stereocenters. The highest BCUT2D eigenvalue weighted by Crippen LogP contribution is 2.36. The molecule has 1 aliphatic rings. The minimum absolute atomic E-state index is 0.0702. The molecule has 8 heteroatoms. The molecule has 1 fully saturated rings. The molecule has 1 aromatic heterocycles. The topological polar surface area (TPSA) is 74.6 Å². The van der Waals surface area contributed by atoms with Crippen molar-refractivity contribution < 1.29 is 9.18 Å². The van der Waals surface area contributed by atoms with E-state index in [1.54, 1.807) is 42.0 Å². The Morgan fingerprint density at radius 3 is 2.77 bits per heavy atom. The molecule has 0 radical (unpaired) electrons. The molecule has 2 heterocycles. The van der Waals surface area contributed by atoms with Crippen molar-refractivity contribution >= 4 is 11.9 Å². The second-order valence-electron chi connectivity index (χ2n) is 6.31. The number of rotatable bonds is 4. The molecule has 7 nitrogen and oxygen atoms in total. The second-order valence-corrected chi connectivity index (χ2v) is 6.31. The van der Waals surface area contributed by atoms with Gasteiger partial charge in [0.1, 0.15) is 5.82 Å². The summed E-state index contributed by atoms with van der Waals surface area (Å²) in [5.74, 6) is 0.610. The first-order chi connectivity index (χ1) is 12.5. The smallest absolute Gasteiger partial charge is 0.223 e. The van der Waals surface area contributed by atoms with Gasteiger partial charge >= 0.3 is 0 Å². The van der Waals surface area contributed by atoms with Gasteiger partial charge in [-0.1, -0.05) is 0 Å². The van der Waals surface area contributed by atoms with E-state index in [9.17, 15) is 9.18 Å². The molecular weight excluding hydrogens is 335 g/mol. The van der Waals surface area contributed by atoms with Gasteiger partial charge in [0, 0.05) is 51.8 Å². The van der Waals surface area contributed by atoms with Gasteiger partial charge in [0.2, 0.25) is 5.91 Å². The zero-order valence-corrected chi connectivity index (χ0v) is 15.1. The van der Waals surface area contributed by atoms with Crippen molar-refractivity contribution in [2.45, 2.75) is 12.5 Å². The van der Waals surface area contributed by atoms with Crippen LogP contribution >= 0.6 is 0 Å². The third-order valence-corrected chi connectivity index (χ3v) is 4.72. The van der Waals surface area contributed by atoms with Gasteiger partial charge in [0.25, 0.3) is 0 Å². The minimum atomic E-state index is -0.286. The van der Waals surface area contributed by atoms with E-state index in [4.69, 9.17) is 0 Å². The van der Waals surface area contributed by atoms with Crippen LogP contribution in [0.15, 0.2) is 41.7 Å². The molecule has 1 amide bonds. The zero-order chi connectivity index (χ0) is 18.7. The highest BCUT2D eigenvalue weighted by molar-refractivity contribution is 5.81. The van der Waals surface area contributed by atoms with E-state index in [-0.39, 0.29) is 23.7 Å². The number of halogens is 1. The van der Waals surface area contributed by atoms with Crippen molar-refractivity contribution in [2.75, 3.05) is 27.7 Å². The number of carbonyl (C=O) groups excluding carboxylic acids is 1. The Kier molecular flexibility index (Phi) is 5.20. The fourth-order valence-corrected chi connectivity index (χ4v) is 3.36. The molecule has 3 rings (SSSR count). The summed E-state index contributed by atoms with van der Waals surface area (Å²) >= 11 is 0. The van der Waals surface area contributed by atoms with Crippen LogP contribution in [0.25, 0.3) is 5.69 Å². The third kappa shape index (κ3) is 3.54. The number of nitrogens with one attached hydrogen (secondary N) is 2. The molecule has 26 heavy (non-hydrogen) atoms.